The van der Waals surface area contributed by atoms with E-state index in [0.29, 0.717) is 43.2 Å². The minimum Gasteiger partial charge on any atom is -0.376 e. The van der Waals surface area contributed by atoms with Gasteiger partial charge in [-0.05, 0) is 37.0 Å². The molecule has 1 N–H and O–H groups in total. The number of carbonyl (C=O) groups is 2. The summed E-state index contributed by atoms with van der Waals surface area (Å²) in [4.78, 5) is 24.4. The van der Waals surface area contributed by atoms with Crippen LogP contribution in [-0.2, 0) is 20.9 Å². The molecule has 2 bridgehead atoms. The van der Waals surface area contributed by atoms with E-state index < -0.39 is 0 Å². The molecule has 4 atom stereocenters. The average molecular weight is 362 g/mol. The number of likely N-dealkylation sites (N-methyl/N-ethyl adjacent to an activating group) is 1. The third kappa shape index (κ3) is 4.44. The number of amides is 2. The second kappa shape index (κ2) is 8.66. The molecule has 0 aromatic carbocycles. The van der Waals surface area contributed by atoms with Crippen molar-refractivity contribution in [3.05, 3.63) is 12.4 Å². The highest BCUT2D eigenvalue weighted by Crippen LogP contribution is 2.46. The lowest BCUT2D eigenvalue weighted by Crippen LogP contribution is -2.38. The topological polar surface area (TPSA) is 76.5 Å². The zero-order valence-electron chi connectivity index (χ0n) is 15.8. The van der Waals surface area contributed by atoms with Gasteiger partial charge in [-0.15, -0.1) is 0 Å². The maximum Gasteiger partial charge on any atom is 0.244 e. The molecule has 2 amide bonds. The summed E-state index contributed by atoms with van der Waals surface area (Å²) in [5.74, 6) is 2.29. The van der Waals surface area contributed by atoms with Gasteiger partial charge in [0, 0.05) is 19.8 Å². The highest BCUT2D eigenvalue weighted by atomic mass is 16.5. The number of hydrogen-bond donors (Lipinski definition) is 1. The Hall–Kier alpha value is -1.89. The molecular weight excluding hydrogens is 332 g/mol. The summed E-state index contributed by atoms with van der Waals surface area (Å²) < 4.78 is 7.78. The minimum atomic E-state index is -0.0223. The number of ether oxygens (including phenoxy) is 1. The fourth-order valence-electron chi connectivity index (χ4n) is 4.55. The molecule has 1 aromatic heterocycles. The molecule has 7 nitrogen and oxygen atoms in total. The van der Waals surface area contributed by atoms with Crippen molar-refractivity contribution in [3.63, 3.8) is 0 Å². The average Bonchev–Trinajstić information content (AvgIpc) is 3.24. The van der Waals surface area contributed by atoms with Crippen LogP contribution in [0.4, 0.5) is 5.69 Å². The SMILES string of the molecule is CCC1CC2CCC(C2)C1OCCN(C)C(=O)Cn1cc(NC=O)cn1. The van der Waals surface area contributed by atoms with Crippen LogP contribution in [0, 0.1) is 17.8 Å². The van der Waals surface area contributed by atoms with Gasteiger partial charge in [0.2, 0.25) is 12.3 Å². The number of anilines is 1. The molecule has 26 heavy (non-hydrogen) atoms. The van der Waals surface area contributed by atoms with Gasteiger partial charge in [0.1, 0.15) is 6.54 Å². The van der Waals surface area contributed by atoms with Crippen LogP contribution in [0.15, 0.2) is 12.4 Å². The fourth-order valence-corrected chi connectivity index (χ4v) is 4.55. The molecular formula is C19H30N4O3. The summed E-state index contributed by atoms with van der Waals surface area (Å²) >= 11 is 0. The lowest BCUT2D eigenvalue weighted by molar-refractivity contribution is -0.132. The van der Waals surface area contributed by atoms with Crippen LogP contribution in [0.25, 0.3) is 0 Å². The highest BCUT2D eigenvalue weighted by Gasteiger charge is 2.41. The Bertz CT molecular complexity index is 618. The number of fused-ring (bicyclic) bond motifs is 2. The van der Waals surface area contributed by atoms with Crippen LogP contribution in [-0.4, -0.2) is 53.3 Å². The van der Waals surface area contributed by atoms with E-state index in [1.165, 1.54) is 43.0 Å². The van der Waals surface area contributed by atoms with Gasteiger partial charge in [-0.3, -0.25) is 14.3 Å². The normalized spacial score (nSPS) is 27.3. The van der Waals surface area contributed by atoms with Crippen LogP contribution in [0.3, 0.4) is 0 Å². The first-order valence-electron chi connectivity index (χ1n) is 9.68. The van der Waals surface area contributed by atoms with Crippen molar-refractivity contribution in [2.75, 3.05) is 25.5 Å². The first-order chi connectivity index (χ1) is 12.6. The maximum absolute atomic E-state index is 12.3. The Morgan fingerprint density at radius 2 is 2.31 bits per heavy atom. The molecule has 4 unspecified atom stereocenters. The van der Waals surface area contributed by atoms with Gasteiger partial charge < -0.3 is 15.0 Å². The predicted octanol–water partition coefficient (Wildman–Crippen LogP) is 2.14. The standard InChI is InChI=1S/C19H30N4O3/c1-3-15-8-14-4-5-16(9-14)19(15)26-7-6-22(2)18(25)12-23-11-17(10-21-23)20-13-24/h10-11,13-16,19H,3-9,12H2,1-2H3,(H,20,24). The van der Waals surface area contributed by atoms with Crippen molar-refractivity contribution < 1.29 is 14.3 Å². The van der Waals surface area contributed by atoms with Crippen LogP contribution in [0.2, 0.25) is 0 Å². The smallest absolute Gasteiger partial charge is 0.244 e. The predicted molar refractivity (Wildman–Crippen MR) is 98.5 cm³/mol. The van der Waals surface area contributed by atoms with Crippen molar-refractivity contribution in [3.8, 4) is 0 Å². The number of nitrogens with zero attached hydrogens (tertiary/aromatic N) is 3. The first-order valence-corrected chi connectivity index (χ1v) is 9.68. The number of hydrogen-bond acceptors (Lipinski definition) is 4. The lowest BCUT2D eigenvalue weighted by Gasteiger charge is -2.36. The van der Waals surface area contributed by atoms with E-state index in [0.717, 1.165) is 5.92 Å². The van der Waals surface area contributed by atoms with Gasteiger partial charge in [-0.1, -0.05) is 19.8 Å². The maximum atomic E-state index is 12.3. The van der Waals surface area contributed by atoms with Gasteiger partial charge in [-0.25, -0.2) is 0 Å². The third-order valence-corrected chi connectivity index (χ3v) is 5.99. The second-order valence-electron chi connectivity index (χ2n) is 7.68. The van der Waals surface area contributed by atoms with Gasteiger partial charge in [0.05, 0.1) is 24.6 Å². The van der Waals surface area contributed by atoms with Crippen LogP contribution < -0.4 is 5.32 Å². The number of nitrogens with one attached hydrogen (secondary N) is 1. The van der Waals surface area contributed by atoms with Gasteiger partial charge in [0.25, 0.3) is 0 Å². The quantitative estimate of drug-likeness (QED) is 0.683. The van der Waals surface area contributed by atoms with E-state index in [1.807, 2.05) is 0 Å². The Labute approximate surface area is 155 Å². The zero-order chi connectivity index (χ0) is 18.5. The molecule has 144 valence electrons. The zero-order valence-corrected chi connectivity index (χ0v) is 15.8. The second-order valence-corrected chi connectivity index (χ2v) is 7.68. The Kier molecular flexibility index (Phi) is 6.29. The minimum absolute atomic E-state index is 0.0223. The molecule has 2 aliphatic rings. The van der Waals surface area contributed by atoms with Gasteiger partial charge in [0.15, 0.2) is 0 Å². The first kappa shape index (κ1) is 18.9. The molecule has 2 saturated carbocycles. The van der Waals surface area contributed by atoms with E-state index in [1.54, 1.807) is 18.1 Å². The van der Waals surface area contributed by atoms with Crippen molar-refractivity contribution in [1.29, 1.82) is 0 Å². The summed E-state index contributed by atoms with van der Waals surface area (Å²) in [7, 11) is 1.80. The van der Waals surface area contributed by atoms with Crippen molar-refractivity contribution in [2.45, 2.75) is 51.7 Å². The summed E-state index contributed by atoms with van der Waals surface area (Å²) in [5.41, 5.74) is 0.580. The summed E-state index contributed by atoms with van der Waals surface area (Å²) in [6, 6.07) is 0. The summed E-state index contributed by atoms with van der Waals surface area (Å²) in [6.45, 7) is 3.59. The highest BCUT2D eigenvalue weighted by molar-refractivity contribution is 5.76. The molecule has 1 heterocycles. The Morgan fingerprint density at radius 1 is 1.46 bits per heavy atom. The van der Waals surface area contributed by atoms with E-state index in [-0.39, 0.29) is 12.5 Å². The third-order valence-electron chi connectivity index (χ3n) is 5.99. The molecule has 0 radical (unpaired) electrons. The van der Waals surface area contributed by atoms with Crippen LogP contribution in [0.1, 0.15) is 39.0 Å². The monoisotopic (exact) mass is 362 g/mol. The largest absolute Gasteiger partial charge is 0.376 e. The van der Waals surface area contributed by atoms with E-state index in [2.05, 4.69) is 17.3 Å². The number of aromatic nitrogens is 2. The van der Waals surface area contributed by atoms with Crippen molar-refractivity contribution in [2.24, 2.45) is 17.8 Å². The van der Waals surface area contributed by atoms with Crippen LogP contribution >= 0.6 is 0 Å². The summed E-state index contributed by atoms with van der Waals surface area (Å²) in [6.07, 6.45) is 10.6. The van der Waals surface area contributed by atoms with Gasteiger partial charge >= 0.3 is 0 Å². The molecule has 0 aliphatic heterocycles. The molecule has 0 saturated heterocycles. The van der Waals surface area contributed by atoms with E-state index >= 15 is 0 Å². The fraction of sp³-hybridized carbons (Fsp3) is 0.737. The van der Waals surface area contributed by atoms with Gasteiger partial charge in [-0.2, -0.15) is 5.10 Å². The molecule has 3 rings (SSSR count). The molecule has 1 aromatic rings. The number of rotatable bonds is 9. The Balaban J connectivity index is 1.43. The molecule has 2 fully saturated rings. The van der Waals surface area contributed by atoms with Crippen molar-refractivity contribution >= 4 is 18.0 Å². The lowest BCUT2D eigenvalue weighted by atomic mass is 9.77. The molecule has 2 aliphatic carbocycles. The van der Waals surface area contributed by atoms with Crippen LogP contribution in [0.5, 0.6) is 0 Å². The number of carbonyl (C=O) groups excluding carboxylic acids is 2. The molecule has 7 heteroatoms. The molecule has 0 spiro atoms. The van der Waals surface area contributed by atoms with E-state index in [9.17, 15) is 9.59 Å². The Morgan fingerprint density at radius 3 is 3.08 bits per heavy atom. The van der Waals surface area contributed by atoms with E-state index in [4.69, 9.17) is 4.74 Å². The van der Waals surface area contributed by atoms with Crippen molar-refractivity contribution in [1.82, 2.24) is 14.7 Å². The summed E-state index contributed by atoms with van der Waals surface area (Å²) in [5, 5.41) is 6.59.